The monoisotopic (exact) mass is 214 g/mol. The van der Waals surface area contributed by atoms with E-state index in [1.165, 1.54) is 19.5 Å². The molecule has 3 nitrogen and oxygen atoms in total. The van der Waals surface area contributed by atoms with Gasteiger partial charge in [0, 0.05) is 19.6 Å². The Morgan fingerprint density at radius 1 is 1.33 bits per heavy atom. The van der Waals surface area contributed by atoms with Crippen molar-refractivity contribution >= 4 is 0 Å². The van der Waals surface area contributed by atoms with Crippen molar-refractivity contribution < 1.29 is 5.11 Å². The normalized spacial score (nSPS) is 32.6. The van der Waals surface area contributed by atoms with Gasteiger partial charge in [0.1, 0.15) is 0 Å². The van der Waals surface area contributed by atoms with Gasteiger partial charge in [-0.05, 0) is 32.2 Å². The summed E-state index contributed by atoms with van der Waals surface area (Å²) in [6.07, 6.45) is 1.34. The number of nitrogens with zero attached hydrogens (tertiary/aromatic N) is 1. The molecule has 0 aromatic heterocycles. The Kier molecular flexibility index (Phi) is 4.56. The summed E-state index contributed by atoms with van der Waals surface area (Å²) in [5, 5.41) is 12.6. The van der Waals surface area contributed by atoms with E-state index in [0.717, 1.165) is 18.4 Å². The van der Waals surface area contributed by atoms with Crippen molar-refractivity contribution in [2.75, 3.05) is 33.3 Å². The molecule has 0 bridgehead atoms. The third-order valence-electron chi connectivity index (χ3n) is 3.47. The molecule has 0 aliphatic carbocycles. The Hall–Kier alpha value is -0.120. The van der Waals surface area contributed by atoms with E-state index in [-0.39, 0.29) is 12.1 Å². The molecule has 0 radical (unpaired) electrons. The topological polar surface area (TPSA) is 35.5 Å². The van der Waals surface area contributed by atoms with Crippen LogP contribution in [0.3, 0.4) is 0 Å². The predicted molar refractivity (Wildman–Crippen MR) is 63.9 cm³/mol. The summed E-state index contributed by atoms with van der Waals surface area (Å²) in [7, 11) is 1.92. The number of piperidine rings is 1. The molecule has 3 atom stereocenters. The smallest absolute Gasteiger partial charge is 0.0623 e. The third kappa shape index (κ3) is 3.74. The van der Waals surface area contributed by atoms with Gasteiger partial charge < -0.3 is 15.3 Å². The lowest BCUT2D eigenvalue weighted by atomic mass is 9.90. The molecule has 1 heterocycles. The summed E-state index contributed by atoms with van der Waals surface area (Å²) in [6, 6.07) is 0. The summed E-state index contributed by atoms with van der Waals surface area (Å²) < 4.78 is 0. The second-order valence-electron chi connectivity index (χ2n) is 5.61. The first-order valence-electron chi connectivity index (χ1n) is 6.01. The molecule has 1 saturated heterocycles. The van der Waals surface area contributed by atoms with Crippen molar-refractivity contribution in [2.45, 2.75) is 32.7 Å². The molecule has 1 aliphatic heterocycles. The van der Waals surface area contributed by atoms with Gasteiger partial charge in [-0.2, -0.15) is 0 Å². The fraction of sp³-hybridized carbons (Fsp3) is 1.00. The number of rotatable bonds is 4. The summed E-state index contributed by atoms with van der Waals surface area (Å²) in [5.74, 6) is 1.57. The molecule has 0 saturated carbocycles. The highest BCUT2D eigenvalue weighted by Crippen LogP contribution is 2.22. The molecular weight excluding hydrogens is 188 g/mol. The van der Waals surface area contributed by atoms with E-state index in [2.05, 4.69) is 31.0 Å². The SMILES string of the molecule is CNC(C)(CO)CN1CC(C)CC(C)C1. The first-order valence-corrected chi connectivity index (χ1v) is 6.01. The van der Waals surface area contributed by atoms with Gasteiger partial charge in [0.15, 0.2) is 0 Å². The van der Waals surface area contributed by atoms with Gasteiger partial charge in [0.05, 0.1) is 12.1 Å². The second-order valence-corrected chi connectivity index (χ2v) is 5.61. The van der Waals surface area contributed by atoms with Crippen LogP contribution in [0.25, 0.3) is 0 Å². The molecule has 90 valence electrons. The van der Waals surface area contributed by atoms with Gasteiger partial charge in [-0.1, -0.05) is 13.8 Å². The van der Waals surface area contributed by atoms with E-state index in [4.69, 9.17) is 0 Å². The minimum atomic E-state index is -0.156. The first kappa shape index (κ1) is 12.9. The number of aliphatic hydroxyl groups is 1. The zero-order chi connectivity index (χ0) is 11.5. The molecule has 1 fully saturated rings. The lowest BCUT2D eigenvalue weighted by molar-refractivity contribution is 0.0799. The van der Waals surface area contributed by atoms with E-state index < -0.39 is 0 Å². The predicted octanol–water partition coefficient (Wildman–Crippen LogP) is 0.935. The zero-order valence-electron chi connectivity index (χ0n) is 10.6. The van der Waals surface area contributed by atoms with Crippen LogP contribution in [0.5, 0.6) is 0 Å². The molecule has 0 spiro atoms. The minimum absolute atomic E-state index is 0.156. The van der Waals surface area contributed by atoms with Crippen molar-refractivity contribution in [2.24, 2.45) is 11.8 Å². The van der Waals surface area contributed by atoms with Crippen LogP contribution in [0.1, 0.15) is 27.2 Å². The van der Waals surface area contributed by atoms with E-state index in [1.54, 1.807) is 0 Å². The van der Waals surface area contributed by atoms with E-state index in [9.17, 15) is 5.11 Å². The van der Waals surface area contributed by atoms with Gasteiger partial charge in [-0.3, -0.25) is 0 Å². The molecular formula is C12H26N2O. The quantitative estimate of drug-likeness (QED) is 0.731. The molecule has 3 unspecified atom stereocenters. The highest BCUT2D eigenvalue weighted by atomic mass is 16.3. The zero-order valence-corrected chi connectivity index (χ0v) is 10.6. The average Bonchev–Trinajstić information content (AvgIpc) is 2.16. The van der Waals surface area contributed by atoms with E-state index in [1.807, 2.05) is 7.05 Å². The van der Waals surface area contributed by atoms with E-state index in [0.29, 0.717) is 0 Å². The Labute approximate surface area is 93.9 Å². The molecule has 0 aromatic carbocycles. The fourth-order valence-corrected chi connectivity index (χ4v) is 2.62. The van der Waals surface area contributed by atoms with Crippen LogP contribution in [0.15, 0.2) is 0 Å². The number of hydrogen-bond donors (Lipinski definition) is 2. The number of nitrogens with one attached hydrogen (secondary N) is 1. The number of likely N-dealkylation sites (tertiary alicyclic amines) is 1. The second kappa shape index (κ2) is 5.28. The Balaban J connectivity index is 2.49. The molecule has 3 heteroatoms. The molecule has 15 heavy (non-hydrogen) atoms. The van der Waals surface area contributed by atoms with Gasteiger partial charge in [0.2, 0.25) is 0 Å². The Bertz CT molecular complexity index is 182. The van der Waals surface area contributed by atoms with Gasteiger partial charge in [-0.15, -0.1) is 0 Å². The van der Waals surface area contributed by atoms with Crippen molar-refractivity contribution in [3.63, 3.8) is 0 Å². The number of aliphatic hydroxyl groups excluding tert-OH is 1. The summed E-state index contributed by atoms with van der Waals surface area (Å²) in [6.45, 7) is 10.2. The summed E-state index contributed by atoms with van der Waals surface area (Å²) >= 11 is 0. The van der Waals surface area contributed by atoms with Crippen LogP contribution in [-0.2, 0) is 0 Å². The largest absolute Gasteiger partial charge is 0.394 e. The van der Waals surface area contributed by atoms with Crippen molar-refractivity contribution in [3.05, 3.63) is 0 Å². The Morgan fingerprint density at radius 2 is 1.87 bits per heavy atom. The molecule has 0 aromatic rings. The maximum absolute atomic E-state index is 9.36. The number of likely N-dealkylation sites (N-methyl/N-ethyl adjacent to an activating group) is 1. The fourth-order valence-electron chi connectivity index (χ4n) is 2.62. The van der Waals surface area contributed by atoms with Crippen LogP contribution >= 0.6 is 0 Å². The van der Waals surface area contributed by atoms with Gasteiger partial charge in [0.25, 0.3) is 0 Å². The van der Waals surface area contributed by atoms with Crippen LogP contribution < -0.4 is 5.32 Å². The minimum Gasteiger partial charge on any atom is -0.394 e. The van der Waals surface area contributed by atoms with Gasteiger partial charge in [-0.25, -0.2) is 0 Å². The van der Waals surface area contributed by atoms with Crippen molar-refractivity contribution in [1.29, 1.82) is 0 Å². The van der Waals surface area contributed by atoms with Crippen LogP contribution in [-0.4, -0.2) is 48.8 Å². The van der Waals surface area contributed by atoms with Gasteiger partial charge >= 0.3 is 0 Å². The lowest BCUT2D eigenvalue weighted by Crippen LogP contribution is -2.55. The molecule has 1 aliphatic rings. The first-order chi connectivity index (χ1) is 6.99. The van der Waals surface area contributed by atoms with Crippen molar-refractivity contribution in [3.8, 4) is 0 Å². The van der Waals surface area contributed by atoms with Crippen LogP contribution in [0.4, 0.5) is 0 Å². The van der Waals surface area contributed by atoms with E-state index >= 15 is 0 Å². The molecule has 1 rings (SSSR count). The standard InChI is InChI=1S/C12H26N2O/c1-10-5-11(2)7-14(6-10)8-12(3,9-15)13-4/h10-11,13,15H,5-9H2,1-4H3. The maximum Gasteiger partial charge on any atom is 0.0623 e. The Morgan fingerprint density at radius 3 is 2.27 bits per heavy atom. The number of hydrogen-bond acceptors (Lipinski definition) is 3. The summed E-state index contributed by atoms with van der Waals surface area (Å²) in [4.78, 5) is 2.48. The highest BCUT2D eigenvalue weighted by Gasteiger charge is 2.28. The summed E-state index contributed by atoms with van der Waals surface area (Å²) in [5.41, 5.74) is -0.156. The maximum atomic E-state index is 9.36. The highest BCUT2D eigenvalue weighted by molar-refractivity contribution is 4.87. The molecule has 2 N–H and O–H groups in total. The third-order valence-corrected chi connectivity index (χ3v) is 3.47. The average molecular weight is 214 g/mol. The molecule has 0 amide bonds. The van der Waals surface area contributed by atoms with Crippen LogP contribution in [0.2, 0.25) is 0 Å². The van der Waals surface area contributed by atoms with Crippen LogP contribution in [0, 0.1) is 11.8 Å². The van der Waals surface area contributed by atoms with Crippen molar-refractivity contribution in [1.82, 2.24) is 10.2 Å². The lowest BCUT2D eigenvalue weighted by Gasteiger charge is -2.40.